The van der Waals surface area contributed by atoms with Crippen LogP contribution in [0.25, 0.3) is 0 Å². The van der Waals surface area contributed by atoms with Crippen molar-refractivity contribution < 1.29 is 18.0 Å². The van der Waals surface area contributed by atoms with Gasteiger partial charge in [0.1, 0.15) is 0 Å². The van der Waals surface area contributed by atoms with E-state index in [0.717, 1.165) is 37.6 Å². The van der Waals surface area contributed by atoms with E-state index in [1.165, 1.54) is 12.1 Å². The number of hydrogen-bond acceptors (Lipinski definition) is 2. The Labute approximate surface area is 161 Å². The van der Waals surface area contributed by atoms with Crippen molar-refractivity contribution in [2.24, 2.45) is 0 Å². The first-order valence-corrected chi connectivity index (χ1v) is 9.18. The number of benzene rings is 2. The SMILES string of the molecule is O=C(NCC(c1ccccc1)N1CCCC1)c1cccc(C(F)(F)F)c1Cl. The van der Waals surface area contributed by atoms with Gasteiger partial charge in [0, 0.05) is 6.54 Å². The average Bonchev–Trinajstić information content (AvgIpc) is 3.16. The lowest BCUT2D eigenvalue weighted by Gasteiger charge is -2.28. The minimum absolute atomic E-state index is 0.0257. The number of hydrogen-bond donors (Lipinski definition) is 1. The molecule has 1 aliphatic rings. The minimum Gasteiger partial charge on any atom is -0.350 e. The Bertz CT molecular complexity index is 790. The lowest BCUT2D eigenvalue weighted by atomic mass is 10.0. The molecule has 0 aliphatic carbocycles. The third-order valence-corrected chi connectivity index (χ3v) is 5.18. The molecule has 0 aromatic heterocycles. The van der Waals surface area contributed by atoms with E-state index in [0.29, 0.717) is 6.54 Å². The zero-order chi connectivity index (χ0) is 19.4. The van der Waals surface area contributed by atoms with Crippen LogP contribution in [0.2, 0.25) is 5.02 Å². The summed E-state index contributed by atoms with van der Waals surface area (Å²) in [4.78, 5) is 14.8. The molecule has 2 aromatic rings. The second-order valence-electron chi connectivity index (χ2n) is 6.54. The lowest BCUT2D eigenvalue weighted by molar-refractivity contribution is -0.137. The highest BCUT2D eigenvalue weighted by Crippen LogP contribution is 2.36. The third-order valence-electron chi connectivity index (χ3n) is 4.77. The van der Waals surface area contributed by atoms with Gasteiger partial charge in [-0.3, -0.25) is 9.69 Å². The maximum atomic E-state index is 13.0. The number of rotatable bonds is 5. The van der Waals surface area contributed by atoms with Crippen molar-refractivity contribution in [2.75, 3.05) is 19.6 Å². The van der Waals surface area contributed by atoms with Crippen LogP contribution in [0.4, 0.5) is 13.2 Å². The van der Waals surface area contributed by atoms with Crippen LogP contribution in [-0.2, 0) is 6.18 Å². The van der Waals surface area contributed by atoms with E-state index < -0.39 is 22.7 Å². The van der Waals surface area contributed by atoms with E-state index >= 15 is 0 Å². The minimum atomic E-state index is -4.60. The zero-order valence-corrected chi connectivity index (χ0v) is 15.4. The van der Waals surface area contributed by atoms with Gasteiger partial charge in [-0.2, -0.15) is 13.2 Å². The molecular weight excluding hydrogens is 377 g/mol. The monoisotopic (exact) mass is 396 g/mol. The van der Waals surface area contributed by atoms with Gasteiger partial charge in [-0.05, 0) is 43.6 Å². The Morgan fingerprint density at radius 2 is 1.74 bits per heavy atom. The fourth-order valence-electron chi connectivity index (χ4n) is 3.40. The highest BCUT2D eigenvalue weighted by atomic mass is 35.5. The van der Waals surface area contributed by atoms with Crippen LogP contribution in [0.3, 0.4) is 0 Å². The summed E-state index contributed by atoms with van der Waals surface area (Å²) in [6.45, 7) is 2.16. The molecule has 144 valence electrons. The van der Waals surface area contributed by atoms with Crippen LogP contribution in [0.15, 0.2) is 48.5 Å². The molecule has 1 fully saturated rings. The fraction of sp³-hybridized carbons (Fsp3) is 0.350. The molecule has 1 N–H and O–H groups in total. The van der Waals surface area contributed by atoms with Crippen LogP contribution < -0.4 is 5.32 Å². The maximum Gasteiger partial charge on any atom is 0.417 e. The number of likely N-dealkylation sites (tertiary alicyclic amines) is 1. The largest absolute Gasteiger partial charge is 0.417 e. The summed E-state index contributed by atoms with van der Waals surface area (Å²) in [5.41, 5.74) is -0.106. The van der Waals surface area contributed by atoms with E-state index in [4.69, 9.17) is 11.6 Å². The highest BCUT2D eigenvalue weighted by molar-refractivity contribution is 6.34. The van der Waals surface area contributed by atoms with Crippen LogP contribution >= 0.6 is 11.6 Å². The lowest BCUT2D eigenvalue weighted by Crippen LogP contribution is -2.37. The van der Waals surface area contributed by atoms with Gasteiger partial charge < -0.3 is 5.32 Å². The first-order chi connectivity index (χ1) is 12.9. The number of alkyl halides is 3. The normalized spacial score (nSPS) is 16.3. The first kappa shape index (κ1) is 19.7. The van der Waals surface area contributed by atoms with E-state index in [-0.39, 0.29) is 11.6 Å². The highest BCUT2D eigenvalue weighted by Gasteiger charge is 2.34. The number of nitrogens with zero attached hydrogens (tertiary/aromatic N) is 1. The Morgan fingerprint density at radius 1 is 1.07 bits per heavy atom. The van der Waals surface area contributed by atoms with E-state index in [9.17, 15) is 18.0 Å². The standard InChI is InChI=1S/C20H20ClF3N2O/c21-18-15(9-6-10-16(18)20(22,23)24)19(27)25-13-17(26-11-4-5-12-26)14-7-2-1-3-8-14/h1-3,6-10,17H,4-5,11-13H2,(H,25,27). The average molecular weight is 397 g/mol. The number of halogens is 4. The van der Waals surface area contributed by atoms with Crippen molar-refractivity contribution in [1.29, 1.82) is 0 Å². The molecule has 0 spiro atoms. The van der Waals surface area contributed by atoms with E-state index in [1.54, 1.807) is 0 Å². The molecule has 2 aromatic carbocycles. The second-order valence-corrected chi connectivity index (χ2v) is 6.92. The predicted molar refractivity (Wildman–Crippen MR) is 98.8 cm³/mol. The summed E-state index contributed by atoms with van der Waals surface area (Å²) in [6.07, 6.45) is -2.41. The second kappa shape index (κ2) is 8.31. The Kier molecular flexibility index (Phi) is 6.07. The van der Waals surface area contributed by atoms with Gasteiger partial charge in [0.15, 0.2) is 0 Å². The van der Waals surface area contributed by atoms with Crippen molar-refractivity contribution in [1.82, 2.24) is 10.2 Å². The van der Waals surface area contributed by atoms with Crippen LogP contribution in [-0.4, -0.2) is 30.4 Å². The Hall–Kier alpha value is -2.05. The quantitative estimate of drug-likeness (QED) is 0.777. The molecule has 1 saturated heterocycles. The van der Waals surface area contributed by atoms with Crippen molar-refractivity contribution in [2.45, 2.75) is 25.1 Å². The van der Waals surface area contributed by atoms with Gasteiger partial charge in [0.05, 0.1) is 22.2 Å². The summed E-state index contributed by atoms with van der Waals surface area (Å²) in [6, 6.07) is 13.1. The van der Waals surface area contributed by atoms with Crippen LogP contribution in [0.5, 0.6) is 0 Å². The number of carbonyl (C=O) groups is 1. The molecule has 1 amide bonds. The van der Waals surface area contributed by atoms with Gasteiger partial charge >= 0.3 is 6.18 Å². The van der Waals surface area contributed by atoms with Crippen LogP contribution in [0.1, 0.15) is 40.4 Å². The van der Waals surface area contributed by atoms with Gasteiger partial charge in [-0.25, -0.2) is 0 Å². The van der Waals surface area contributed by atoms with Crippen LogP contribution in [0, 0.1) is 0 Å². The van der Waals surface area contributed by atoms with Crippen molar-refractivity contribution in [3.8, 4) is 0 Å². The topological polar surface area (TPSA) is 32.3 Å². The van der Waals surface area contributed by atoms with Gasteiger partial charge in [-0.1, -0.05) is 48.0 Å². The third kappa shape index (κ3) is 4.62. The summed E-state index contributed by atoms with van der Waals surface area (Å²) >= 11 is 5.86. The molecular formula is C20H20ClF3N2O. The summed E-state index contributed by atoms with van der Waals surface area (Å²) in [5, 5.41) is 2.19. The van der Waals surface area contributed by atoms with Gasteiger partial charge in [0.2, 0.25) is 0 Å². The van der Waals surface area contributed by atoms with Crippen molar-refractivity contribution in [3.63, 3.8) is 0 Å². The molecule has 0 bridgehead atoms. The Morgan fingerprint density at radius 3 is 2.37 bits per heavy atom. The number of amides is 1. The van der Waals surface area contributed by atoms with E-state index in [2.05, 4.69) is 10.2 Å². The molecule has 0 saturated carbocycles. The molecule has 3 rings (SSSR count). The smallest absolute Gasteiger partial charge is 0.350 e. The summed E-state index contributed by atoms with van der Waals surface area (Å²) < 4.78 is 39.0. The molecule has 7 heteroatoms. The van der Waals surface area contributed by atoms with Gasteiger partial charge in [-0.15, -0.1) is 0 Å². The summed E-state index contributed by atoms with van der Waals surface area (Å²) in [5.74, 6) is -0.605. The number of nitrogens with one attached hydrogen (secondary N) is 1. The fourth-order valence-corrected chi connectivity index (χ4v) is 3.72. The van der Waals surface area contributed by atoms with Crippen molar-refractivity contribution in [3.05, 3.63) is 70.2 Å². The first-order valence-electron chi connectivity index (χ1n) is 8.81. The Balaban J connectivity index is 1.77. The summed E-state index contributed by atoms with van der Waals surface area (Å²) in [7, 11) is 0. The molecule has 1 heterocycles. The van der Waals surface area contributed by atoms with E-state index in [1.807, 2.05) is 30.3 Å². The zero-order valence-electron chi connectivity index (χ0n) is 14.6. The molecule has 27 heavy (non-hydrogen) atoms. The van der Waals surface area contributed by atoms with Crippen molar-refractivity contribution >= 4 is 17.5 Å². The molecule has 1 atom stereocenters. The maximum absolute atomic E-state index is 13.0. The molecule has 0 radical (unpaired) electrons. The molecule has 1 unspecified atom stereocenters. The molecule has 3 nitrogen and oxygen atoms in total. The van der Waals surface area contributed by atoms with Gasteiger partial charge in [0.25, 0.3) is 5.91 Å². The predicted octanol–water partition coefficient (Wildman–Crippen LogP) is 4.93. The number of carbonyl (C=O) groups excluding carboxylic acids is 1. The molecule has 1 aliphatic heterocycles.